The molecule has 6 nitrogen and oxygen atoms in total. The topological polar surface area (TPSA) is 72.7 Å². The lowest BCUT2D eigenvalue weighted by Gasteiger charge is -2.07. The highest BCUT2D eigenvalue weighted by molar-refractivity contribution is 5.87. The molecule has 1 N–H and O–H groups in total. The average molecular weight is 341 g/mol. The van der Waals surface area contributed by atoms with Crippen LogP contribution in [0.1, 0.15) is 10.4 Å². The van der Waals surface area contributed by atoms with Crippen LogP contribution >= 0.6 is 0 Å². The first kappa shape index (κ1) is 15.7. The number of hydrogen-bond acceptors (Lipinski definition) is 5. The second-order valence-corrected chi connectivity index (χ2v) is 5.61. The summed E-state index contributed by atoms with van der Waals surface area (Å²) in [7, 11) is 0. The minimum Gasteiger partial charge on any atom is -0.336 e. The van der Waals surface area contributed by atoms with Crippen LogP contribution in [-0.4, -0.2) is 26.0 Å². The van der Waals surface area contributed by atoms with E-state index in [2.05, 4.69) is 20.4 Å². The number of aromatic nitrogens is 4. The van der Waals surface area contributed by atoms with Gasteiger partial charge >= 0.3 is 0 Å². The number of benzene rings is 1. The molecule has 4 aromatic rings. The van der Waals surface area contributed by atoms with E-state index in [-0.39, 0.29) is 0 Å². The quantitative estimate of drug-likeness (QED) is 0.558. The zero-order valence-electron chi connectivity index (χ0n) is 13.8. The van der Waals surface area contributed by atoms with E-state index >= 15 is 0 Å². The number of carbonyl (C=O) groups excluding carboxylic acids is 1. The molecule has 0 atom stereocenters. The first-order valence-electron chi connectivity index (χ1n) is 8.07. The van der Waals surface area contributed by atoms with Crippen LogP contribution in [0.2, 0.25) is 0 Å². The van der Waals surface area contributed by atoms with E-state index in [4.69, 9.17) is 0 Å². The van der Waals surface area contributed by atoms with Crippen molar-refractivity contribution in [3.05, 3.63) is 85.1 Å². The average Bonchev–Trinajstić information content (AvgIpc) is 3.13. The molecule has 0 bridgehead atoms. The van der Waals surface area contributed by atoms with Gasteiger partial charge in [0.2, 0.25) is 0 Å². The fourth-order valence-corrected chi connectivity index (χ4v) is 2.66. The predicted octanol–water partition coefficient (Wildman–Crippen LogP) is 3.89. The van der Waals surface area contributed by atoms with Crippen molar-refractivity contribution in [3.63, 3.8) is 0 Å². The van der Waals surface area contributed by atoms with E-state index in [1.165, 1.54) is 0 Å². The largest absolute Gasteiger partial charge is 0.336 e. The van der Waals surface area contributed by atoms with Gasteiger partial charge in [-0.25, -0.2) is 4.68 Å². The Morgan fingerprint density at radius 2 is 1.69 bits per heavy atom. The van der Waals surface area contributed by atoms with Gasteiger partial charge in [0, 0.05) is 35.9 Å². The fourth-order valence-electron chi connectivity index (χ4n) is 2.66. The molecule has 0 aliphatic rings. The maximum absolute atomic E-state index is 11.3. The molecule has 0 saturated carbocycles. The van der Waals surface area contributed by atoms with Crippen molar-refractivity contribution in [1.29, 1.82) is 0 Å². The van der Waals surface area contributed by atoms with Gasteiger partial charge in [-0.1, -0.05) is 18.2 Å². The molecule has 0 unspecified atom stereocenters. The predicted molar refractivity (Wildman–Crippen MR) is 99.7 cm³/mol. The van der Waals surface area contributed by atoms with E-state index in [1.54, 1.807) is 35.5 Å². The maximum Gasteiger partial charge on any atom is 0.160 e. The summed E-state index contributed by atoms with van der Waals surface area (Å²) >= 11 is 0. The van der Waals surface area contributed by atoms with Crippen LogP contribution in [0.4, 0.5) is 11.5 Å². The van der Waals surface area contributed by atoms with Crippen LogP contribution in [0, 0.1) is 0 Å². The van der Waals surface area contributed by atoms with Crippen LogP contribution in [0.15, 0.2) is 79.5 Å². The number of rotatable bonds is 5. The zero-order chi connectivity index (χ0) is 17.8. The molecular weight excluding hydrogens is 326 g/mol. The number of aldehydes is 1. The number of nitrogens with one attached hydrogen (secondary N) is 1. The third kappa shape index (κ3) is 3.08. The van der Waals surface area contributed by atoms with Gasteiger partial charge in [0.15, 0.2) is 12.1 Å². The molecule has 0 amide bonds. The Morgan fingerprint density at radius 1 is 0.923 bits per heavy atom. The third-order valence-corrected chi connectivity index (χ3v) is 3.96. The lowest BCUT2D eigenvalue weighted by atomic mass is 10.1. The lowest BCUT2D eigenvalue weighted by Crippen LogP contribution is -1.99. The minimum absolute atomic E-state index is 0.523. The second kappa shape index (κ2) is 6.98. The molecule has 1 aromatic carbocycles. The highest BCUT2D eigenvalue weighted by atomic mass is 16.1. The summed E-state index contributed by atoms with van der Waals surface area (Å²) in [6.07, 6.45) is 9.41. The van der Waals surface area contributed by atoms with Gasteiger partial charge in [-0.15, -0.1) is 5.10 Å². The molecule has 0 saturated heterocycles. The summed E-state index contributed by atoms with van der Waals surface area (Å²) in [4.78, 5) is 19.5. The van der Waals surface area contributed by atoms with Gasteiger partial charge in [0.25, 0.3) is 0 Å². The highest BCUT2D eigenvalue weighted by Gasteiger charge is 2.14. The molecule has 0 aliphatic heterocycles. The third-order valence-electron chi connectivity index (χ3n) is 3.96. The van der Waals surface area contributed by atoms with Crippen molar-refractivity contribution in [2.75, 3.05) is 5.32 Å². The van der Waals surface area contributed by atoms with Crippen LogP contribution < -0.4 is 5.32 Å². The van der Waals surface area contributed by atoms with Crippen LogP contribution in [0.5, 0.6) is 0 Å². The van der Waals surface area contributed by atoms with Gasteiger partial charge in [0.1, 0.15) is 0 Å². The number of nitrogens with zero attached hydrogens (tertiary/aromatic N) is 4. The van der Waals surface area contributed by atoms with Gasteiger partial charge < -0.3 is 5.32 Å². The molecule has 0 aliphatic carbocycles. The molecular formula is C20H15N5O. The molecule has 0 fully saturated rings. The van der Waals surface area contributed by atoms with Crippen molar-refractivity contribution >= 4 is 17.8 Å². The second-order valence-electron chi connectivity index (χ2n) is 5.61. The van der Waals surface area contributed by atoms with Crippen LogP contribution in [0.25, 0.3) is 16.8 Å². The number of pyridine rings is 2. The van der Waals surface area contributed by atoms with Gasteiger partial charge in [-0.05, 0) is 35.9 Å². The molecule has 26 heavy (non-hydrogen) atoms. The van der Waals surface area contributed by atoms with E-state index < -0.39 is 0 Å². The fraction of sp³-hybridized carbons (Fsp3) is 0. The Labute approximate surface area is 150 Å². The molecule has 6 heteroatoms. The SMILES string of the molecule is O=Cc1ccncc1Nc1nn(-c2ccccc2)cc1-c1ccncc1. The number of para-hydroxylation sites is 1. The summed E-state index contributed by atoms with van der Waals surface area (Å²) < 4.78 is 1.80. The minimum atomic E-state index is 0.523. The molecule has 3 aromatic heterocycles. The zero-order valence-corrected chi connectivity index (χ0v) is 13.8. The summed E-state index contributed by atoms with van der Waals surface area (Å²) in [6, 6.07) is 15.3. The van der Waals surface area contributed by atoms with Gasteiger partial charge in [-0.3, -0.25) is 14.8 Å². The Kier molecular flexibility index (Phi) is 4.22. The van der Waals surface area contributed by atoms with E-state index in [0.717, 1.165) is 23.1 Å². The lowest BCUT2D eigenvalue weighted by molar-refractivity contribution is 0.112. The summed E-state index contributed by atoms with van der Waals surface area (Å²) in [6.45, 7) is 0. The molecule has 4 rings (SSSR count). The Hall–Kier alpha value is -3.80. The van der Waals surface area contributed by atoms with Crippen molar-refractivity contribution in [2.24, 2.45) is 0 Å². The normalized spacial score (nSPS) is 10.5. The van der Waals surface area contributed by atoms with Crippen molar-refractivity contribution < 1.29 is 4.79 Å². The molecule has 0 spiro atoms. The van der Waals surface area contributed by atoms with E-state index in [0.29, 0.717) is 17.1 Å². The smallest absolute Gasteiger partial charge is 0.160 e. The number of carbonyl (C=O) groups is 1. The highest BCUT2D eigenvalue weighted by Crippen LogP contribution is 2.30. The standard InChI is InChI=1S/C20H15N5O/c26-14-16-8-11-22-12-19(16)23-20-18(15-6-9-21-10-7-15)13-25(24-20)17-4-2-1-3-5-17/h1-14H,(H,23,24). The summed E-state index contributed by atoms with van der Waals surface area (Å²) in [5.41, 5.74) is 3.95. The summed E-state index contributed by atoms with van der Waals surface area (Å²) in [5, 5.41) is 7.90. The van der Waals surface area contributed by atoms with Crippen molar-refractivity contribution in [2.45, 2.75) is 0 Å². The van der Waals surface area contributed by atoms with Gasteiger partial charge in [-0.2, -0.15) is 0 Å². The Balaban J connectivity index is 1.82. The molecule has 3 heterocycles. The first-order chi connectivity index (χ1) is 12.8. The van der Waals surface area contributed by atoms with Crippen LogP contribution in [0.3, 0.4) is 0 Å². The maximum atomic E-state index is 11.3. The van der Waals surface area contributed by atoms with E-state index in [1.807, 2.05) is 48.7 Å². The Morgan fingerprint density at radius 3 is 2.46 bits per heavy atom. The van der Waals surface area contributed by atoms with E-state index in [9.17, 15) is 4.79 Å². The van der Waals surface area contributed by atoms with Crippen molar-refractivity contribution in [3.8, 4) is 16.8 Å². The van der Waals surface area contributed by atoms with Crippen molar-refractivity contribution in [1.82, 2.24) is 19.7 Å². The van der Waals surface area contributed by atoms with Crippen LogP contribution in [-0.2, 0) is 0 Å². The monoisotopic (exact) mass is 341 g/mol. The summed E-state index contributed by atoms with van der Waals surface area (Å²) in [5.74, 6) is 0.635. The number of hydrogen-bond donors (Lipinski definition) is 1. The molecule has 0 radical (unpaired) electrons. The van der Waals surface area contributed by atoms with Gasteiger partial charge in [0.05, 0.1) is 17.6 Å². The Bertz CT molecular complexity index is 1030. The molecule has 126 valence electrons. The number of anilines is 2. The first-order valence-corrected chi connectivity index (χ1v) is 8.07.